The van der Waals surface area contributed by atoms with Crippen LogP contribution in [0.3, 0.4) is 0 Å². The lowest BCUT2D eigenvalue weighted by atomic mass is 9.96. The Bertz CT molecular complexity index is 756. The van der Waals surface area contributed by atoms with Gasteiger partial charge in [-0.25, -0.2) is 9.59 Å². The maximum absolute atomic E-state index is 12.1. The number of ether oxygens (including phenoxy) is 3. The molecule has 1 atom stereocenters. The monoisotopic (exact) mass is 404 g/mol. The van der Waals surface area contributed by atoms with E-state index in [1.807, 2.05) is 0 Å². The van der Waals surface area contributed by atoms with Crippen LogP contribution < -0.4 is 20.1 Å². The van der Waals surface area contributed by atoms with Gasteiger partial charge in [-0.2, -0.15) is 0 Å². The highest BCUT2D eigenvalue weighted by molar-refractivity contribution is 5.98. The van der Waals surface area contributed by atoms with Gasteiger partial charge in [0.15, 0.2) is 17.6 Å². The lowest BCUT2D eigenvalue weighted by Crippen LogP contribution is -2.48. The van der Waals surface area contributed by atoms with E-state index in [1.54, 1.807) is 18.2 Å². The predicted molar refractivity (Wildman–Crippen MR) is 108 cm³/mol. The molecule has 0 radical (unpaired) electrons. The van der Waals surface area contributed by atoms with Crippen LogP contribution in [0.15, 0.2) is 24.3 Å². The largest absolute Gasteiger partial charge is 0.493 e. The summed E-state index contributed by atoms with van der Waals surface area (Å²) in [6.45, 7) is 1.41. The Hall–Kier alpha value is -3.03. The molecule has 1 aliphatic rings. The number of hydrogen-bond donors (Lipinski definition) is 2. The van der Waals surface area contributed by atoms with E-state index in [1.165, 1.54) is 39.7 Å². The van der Waals surface area contributed by atoms with Gasteiger partial charge in [-0.1, -0.05) is 25.3 Å². The molecule has 3 amide bonds. The van der Waals surface area contributed by atoms with Crippen molar-refractivity contribution in [3.63, 3.8) is 0 Å². The van der Waals surface area contributed by atoms with Gasteiger partial charge in [-0.15, -0.1) is 0 Å². The molecule has 0 unspecified atom stereocenters. The fourth-order valence-corrected chi connectivity index (χ4v) is 3.07. The third-order valence-electron chi connectivity index (χ3n) is 4.66. The third-order valence-corrected chi connectivity index (χ3v) is 4.66. The van der Waals surface area contributed by atoms with Crippen molar-refractivity contribution in [3.8, 4) is 11.5 Å². The maximum atomic E-state index is 12.1. The van der Waals surface area contributed by atoms with E-state index >= 15 is 0 Å². The quantitative estimate of drug-likeness (QED) is 0.535. The minimum atomic E-state index is -1.10. The van der Waals surface area contributed by atoms with E-state index in [0.29, 0.717) is 17.1 Å². The average Bonchev–Trinajstić information content (AvgIpc) is 2.72. The van der Waals surface area contributed by atoms with E-state index in [4.69, 9.17) is 14.2 Å². The number of carbonyl (C=O) groups excluding carboxylic acids is 3. The SMILES string of the molecule is COc1ccc(/C=C/C(=O)O[C@H](C)C(=O)NC(=O)NC2CCCCC2)cc1OC. The first-order valence-electron chi connectivity index (χ1n) is 9.65. The Morgan fingerprint density at radius 1 is 1.07 bits per heavy atom. The van der Waals surface area contributed by atoms with Crippen LogP contribution in [0.1, 0.15) is 44.6 Å². The molecule has 1 fully saturated rings. The Labute approximate surface area is 170 Å². The lowest BCUT2D eigenvalue weighted by Gasteiger charge is -2.23. The molecule has 0 aromatic heterocycles. The zero-order chi connectivity index (χ0) is 21.2. The molecule has 1 aliphatic carbocycles. The number of hydrogen-bond acceptors (Lipinski definition) is 6. The second-order valence-corrected chi connectivity index (χ2v) is 6.82. The molecule has 0 saturated heterocycles. The van der Waals surface area contributed by atoms with Gasteiger partial charge in [-0.05, 0) is 43.5 Å². The number of imide groups is 1. The van der Waals surface area contributed by atoms with Gasteiger partial charge in [0.25, 0.3) is 5.91 Å². The van der Waals surface area contributed by atoms with E-state index in [2.05, 4.69) is 10.6 Å². The average molecular weight is 404 g/mol. The fourth-order valence-electron chi connectivity index (χ4n) is 3.07. The Balaban J connectivity index is 1.82. The van der Waals surface area contributed by atoms with Crippen LogP contribution in [0.25, 0.3) is 6.08 Å². The Morgan fingerprint density at radius 3 is 2.41 bits per heavy atom. The first-order valence-corrected chi connectivity index (χ1v) is 9.65. The summed E-state index contributed by atoms with van der Waals surface area (Å²) < 4.78 is 15.4. The van der Waals surface area contributed by atoms with Crippen molar-refractivity contribution in [1.29, 1.82) is 0 Å². The molecule has 158 valence electrons. The third kappa shape index (κ3) is 7.14. The lowest BCUT2D eigenvalue weighted by molar-refractivity contribution is -0.149. The Kier molecular flexibility index (Phi) is 8.51. The van der Waals surface area contributed by atoms with Crippen molar-refractivity contribution in [2.75, 3.05) is 14.2 Å². The fraction of sp³-hybridized carbons (Fsp3) is 0.476. The number of amides is 3. The molecular weight excluding hydrogens is 376 g/mol. The first kappa shape index (κ1) is 22.3. The van der Waals surface area contributed by atoms with Crippen LogP contribution in [0, 0.1) is 0 Å². The number of carbonyl (C=O) groups is 3. The first-order chi connectivity index (χ1) is 13.9. The molecule has 8 nitrogen and oxygen atoms in total. The highest BCUT2D eigenvalue weighted by Crippen LogP contribution is 2.28. The summed E-state index contributed by atoms with van der Waals surface area (Å²) in [6.07, 6.45) is 6.76. The van der Waals surface area contributed by atoms with Gasteiger partial charge < -0.3 is 19.5 Å². The van der Waals surface area contributed by atoms with Gasteiger partial charge in [-0.3, -0.25) is 10.1 Å². The van der Waals surface area contributed by atoms with Gasteiger partial charge in [0.1, 0.15) is 0 Å². The van der Waals surface area contributed by atoms with Crippen molar-refractivity contribution >= 4 is 24.0 Å². The molecule has 8 heteroatoms. The number of rotatable bonds is 7. The summed E-state index contributed by atoms with van der Waals surface area (Å²) in [7, 11) is 3.05. The number of benzene rings is 1. The number of nitrogens with one attached hydrogen (secondary N) is 2. The predicted octanol–water partition coefficient (Wildman–Crippen LogP) is 2.81. The van der Waals surface area contributed by atoms with Gasteiger partial charge >= 0.3 is 12.0 Å². The zero-order valence-corrected chi connectivity index (χ0v) is 17.0. The molecular formula is C21H28N2O6. The standard InChI is InChI=1S/C21H28N2O6/c1-14(20(25)23-21(26)22-16-7-5-4-6-8-16)29-19(24)12-10-15-9-11-17(27-2)18(13-15)28-3/h9-14,16H,4-8H2,1-3H3,(H2,22,23,25,26)/b12-10+/t14-/m1/s1. The van der Waals surface area contributed by atoms with Crippen molar-refractivity contribution in [3.05, 3.63) is 29.8 Å². The van der Waals surface area contributed by atoms with E-state index < -0.39 is 24.0 Å². The topological polar surface area (TPSA) is 103 Å². The molecule has 1 saturated carbocycles. The summed E-state index contributed by atoms with van der Waals surface area (Å²) in [5.74, 6) is -0.273. The van der Waals surface area contributed by atoms with Gasteiger partial charge in [0, 0.05) is 12.1 Å². The van der Waals surface area contributed by atoms with Gasteiger partial charge in [0.05, 0.1) is 14.2 Å². The van der Waals surface area contributed by atoms with Crippen molar-refractivity contribution in [2.45, 2.75) is 51.2 Å². The molecule has 1 aromatic rings. The minimum Gasteiger partial charge on any atom is -0.493 e. The maximum Gasteiger partial charge on any atom is 0.331 e. The summed E-state index contributed by atoms with van der Waals surface area (Å²) in [6, 6.07) is 4.68. The number of urea groups is 1. The van der Waals surface area contributed by atoms with E-state index in [9.17, 15) is 14.4 Å². The second kappa shape index (κ2) is 11.1. The Morgan fingerprint density at radius 2 is 1.76 bits per heavy atom. The van der Waals surface area contributed by atoms with Crippen LogP contribution in [-0.2, 0) is 14.3 Å². The normalized spacial score (nSPS) is 15.4. The highest BCUT2D eigenvalue weighted by atomic mass is 16.5. The van der Waals surface area contributed by atoms with Crippen molar-refractivity contribution in [2.24, 2.45) is 0 Å². The molecule has 2 rings (SSSR count). The summed E-state index contributed by atoms with van der Waals surface area (Å²) in [4.78, 5) is 35.9. The van der Waals surface area contributed by atoms with Gasteiger partial charge in [0.2, 0.25) is 0 Å². The molecule has 29 heavy (non-hydrogen) atoms. The molecule has 0 heterocycles. The smallest absolute Gasteiger partial charge is 0.331 e. The molecule has 0 aliphatic heterocycles. The van der Waals surface area contributed by atoms with Crippen LogP contribution in [-0.4, -0.2) is 44.3 Å². The molecule has 1 aromatic carbocycles. The van der Waals surface area contributed by atoms with Crippen LogP contribution in [0.5, 0.6) is 11.5 Å². The minimum absolute atomic E-state index is 0.0822. The number of methoxy groups -OCH3 is 2. The van der Waals surface area contributed by atoms with Crippen LogP contribution >= 0.6 is 0 Å². The molecule has 0 bridgehead atoms. The van der Waals surface area contributed by atoms with E-state index in [0.717, 1.165) is 25.7 Å². The summed E-state index contributed by atoms with van der Waals surface area (Å²) >= 11 is 0. The van der Waals surface area contributed by atoms with E-state index in [-0.39, 0.29) is 6.04 Å². The van der Waals surface area contributed by atoms with Crippen LogP contribution in [0.4, 0.5) is 4.79 Å². The summed E-state index contributed by atoms with van der Waals surface area (Å²) in [5, 5.41) is 4.99. The molecule has 2 N–H and O–H groups in total. The highest BCUT2D eigenvalue weighted by Gasteiger charge is 2.21. The number of esters is 1. The molecule has 0 spiro atoms. The van der Waals surface area contributed by atoms with Crippen molar-refractivity contribution in [1.82, 2.24) is 10.6 Å². The second-order valence-electron chi connectivity index (χ2n) is 6.82. The zero-order valence-electron chi connectivity index (χ0n) is 17.0. The van der Waals surface area contributed by atoms with Crippen molar-refractivity contribution < 1.29 is 28.6 Å². The van der Waals surface area contributed by atoms with Crippen LogP contribution in [0.2, 0.25) is 0 Å². The summed E-state index contributed by atoms with van der Waals surface area (Å²) in [5.41, 5.74) is 0.698.